The minimum atomic E-state index is -3.68. The van der Waals surface area contributed by atoms with E-state index < -0.39 is 10.0 Å². The number of likely N-dealkylation sites (N-methyl/N-ethyl adjacent to an activating group) is 1. The van der Waals surface area contributed by atoms with Crippen molar-refractivity contribution in [3.8, 4) is 0 Å². The standard InChI is InChI=1S/C30H34N6O4S2/c1-21-18-27(25-10-6-7-11-26(25)33-21)34-30(38)31-15-17-36-16-14-23(20-36)35(2)42(39,40)28-13-12-24(41-28)19-32-29(37)22-8-4-3-5-9-22/h3-13,18,23H,14-17,19-20H2,1-2H3,(H,32,37)(H2,31,33,34,38). The average Bonchev–Trinajstić information content (AvgIpc) is 3.66. The number of anilines is 1. The molecule has 1 aliphatic heterocycles. The van der Waals surface area contributed by atoms with Crippen LogP contribution in [0.15, 0.2) is 77.0 Å². The van der Waals surface area contributed by atoms with Gasteiger partial charge in [0.1, 0.15) is 4.21 Å². The van der Waals surface area contributed by atoms with E-state index in [0.29, 0.717) is 37.3 Å². The van der Waals surface area contributed by atoms with Gasteiger partial charge in [-0.15, -0.1) is 11.3 Å². The molecular weight excluding hydrogens is 573 g/mol. The number of carbonyl (C=O) groups excluding carboxylic acids is 2. The summed E-state index contributed by atoms with van der Waals surface area (Å²) in [7, 11) is -2.06. The number of hydrogen-bond acceptors (Lipinski definition) is 7. The molecular formula is C30H34N6O4S2. The lowest BCUT2D eigenvalue weighted by atomic mass is 10.1. The van der Waals surface area contributed by atoms with Crippen molar-refractivity contribution in [3.05, 3.63) is 88.9 Å². The number of likely N-dealkylation sites (tertiary alicyclic amines) is 1. The van der Waals surface area contributed by atoms with Gasteiger partial charge in [-0.1, -0.05) is 36.4 Å². The Kier molecular flexibility index (Phi) is 9.17. The summed E-state index contributed by atoms with van der Waals surface area (Å²) < 4.78 is 28.4. The van der Waals surface area contributed by atoms with Gasteiger partial charge in [-0.3, -0.25) is 14.7 Å². The van der Waals surface area contributed by atoms with Crippen LogP contribution in [0.4, 0.5) is 10.5 Å². The number of urea groups is 1. The fourth-order valence-corrected chi connectivity index (χ4v) is 7.86. The second-order valence-corrected chi connectivity index (χ2v) is 13.6. The van der Waals surface area contributed by atoms with Gasteiger partial charge in [-0.05, 0) is 56.3 Å². The first kappa shape index (κ1) is 29.6. The van der Waals surface area contributed by atoms with Crippen molar-refractivity contribution in [1.29, 1.82) is 0 Å². The number of amides is 3. The SMILES string of the molecule is Cc1cc(NC(=O)NCCN2CCC(N(C)S(=O)(=O)c3ccc(CNC(=O)c4ccccc4)s3)C2)c2ccccc2n1. The summed E-state index contributed by atoms with van der Waals surface area (Å²) >= 11 is 1.17. The molecule has 1 saturated heterocycles. The van der Waals surface area contributed by atoms with Crippen LogP contribution in [0.2, 0.25) is 0 Å². The number of rotatable bonds is 10. The molecule has 1 aliphatic rings. The second-order valence-electron chi connectivity index (χ2n) is 10.2. The summed E-state index contributed by atoms with van der Waals surface area (Å²) in [5.74, 6) is -0.204. The summed E-state index contributed by atoms with van der Waals surface area (Å²) in [4.78, 5) is 32.3. The van der Waals surface area contributed by atoms with Gasteiger partial charge >= 0.3 is 6.03 Å². The lowest BCUT2D eigenvalue weighted by molar-refractivity contribution is 0.0951. The van der Waals surface area contributed by atoms with E-state index in [1.807, 2.05) is 43.3 Å². The largest absolute Gasteiger partial charge is 0.347 e. The molecule has 12 heteroatoms. The predicted molar refractivity (Wildman–Crippen MR) is 165 cm³/mol. The van der Waals surface area contributed by atoms with E-state index >= 15 is 0 Å². The first-order chi connectivity index (χ1) is 20.2. The molecule has 0 aliphatic carbocycles. The van der Waals surface area contributed by atoms with Crippen molar-refractivity contribution < 1.29 is 18.0 Å². The molecule has 0 bridgehead atoms. The van der Waals surface area contributed by atoms with Gasteiger partial charge in [0.05, 0.1) is 17.7 Å². The molecule has 220 valence electrons. The zero-order valence-electron chi connectivity index (χ0n) is 23.5. The normalized spacial score (nSPS) is 15.6. The van der Waals surface area contributed by atoms with Gasteiger partial charge < -0.3 is 16.0 Å². The Morgan fingerprint density at radius 3 is 2.62 bits per heavy atom. The van der Waals surface area contributed by atoms with Crippen LogP contribution >= 0.6 is 11.3 Å². The number of benzene rings is 2. The molecule has 1 atom stereocenters. The molecule has 42 heavy (non-hydrogen) atoms. The summed E-state index contributed by atoms with van der Waals surface area (Å²) in [5.41, 5.74) is 2.91. The molecule has 0 radical (unpaired) electrons. The van der Waals surface area contributed by atoms with Crippen LogP contribution in [0.3, 0.4) is 0 Å². The first-order valence-corrected chi connectivity index (χ1v) is 16.0. The maximum absolute atomic E-state index is 13.4. The summed E-state index contributed by atoms with van der Waals surface area (Å²) in [6, 6.07) is 21.3. The Hall–Kier alpha value is -3.84. The molecule has 5 rings (SSSR count). The zero-order valence-corrected chi connectivity index (χ0v) is 25.2. The lowest BCUT2D eigenvalue weighted by Crippen LogP contribution is -2.40. The number of nitrogens with zero attached hydrogens (tertiary/aromatic N) is 3. The highest BCUT2D eigenvalue weighted by Crippen LogP contribution is 2.28. The Balaban J connectivity index is 1.09. The molecule has 3 amide bonds. The zero-order chi connectivity index (χ0) is 29.7. The number of aryl methyl sites for hydroxylation is 1. The van der Waals surface area contributed by atoms with Gasteiger partial charge in [0.15, 0.2) is 0 Å². The highest BCUT2D eigenvalue weighted by Gasteiger charge is 2.34. The van der Waals surface area contributed by atoms with Crippen molar-refractivity contribution in [2.75, 3.05) is 38.5 Å². The lowest BCUT2D eigenvalue weighted by Gasteiger charge is -2.23. The maximum atomic E-state index is 13.4. The number of pyridine rings is 1. The summed E-state index contributed by atoms with van der Waals surface area (Å²) in [5, 5.41) is 9.54. The number of nitrogens with one attached hydrogen (secondary N) is 3. The van der Waals surface area contributed by atoms with Crippen LogP contribution in [0.25, 0.3) is 10.9 Å². The molecule has 1 fully saturated rings. The van der Waals surface area contributed by atoms with Crippen LogP contribution in [0.1, 0.15) is 27.3 Å². The Labute approximate surface area is 249 Å². The van der Waals surface area contributed by atoms with Gasteiger partial charge in [0.2, 0.25) is 0 Å². The third kappa shape index (κ3) is 6.96. The van der Waals surface area contributed by atoms with Crippen LogP contribution in [0.5, 0.6) is 0 Å². The first-order valence-electron chi connectivity index (χ1n) is 13.7. The smallest absolute Gasteiger partial charge is 0.319 e. The second kappa shape index (κ2) is 13.0. The maximum Gasteiger partial charge on any atom is 0.319 e. The number of aromatic nitrogens is 1. The quantitative estimate of drug-likeness (QED) is 0.250. The van der Waals surface area contributed by atoms with E-state index in [1.54, 1.807) is 43.4 Å². The van der Waals surface area contributed by atoms with Gasteiger partial charge in [0.25, 0.3) is 15.9 Å². The number of fused-ring (bicyclic) bond motifs is 1. The van der Waals surface area contributed by atoms with Crippen molar-refractivity contribution in [1.82, 2.24) is 24.8 Å². The average molecular weight is 607 g/mol. The van der Waals surface area contributed by atoms with Crippen molar-refractivity contribution in [2.24, 2.45) is 0 Å². The predicted octanol–water partition coefficient (Wildman–Crippen LogP) is 4.05. The fraction of sp³-hybridized carbons (Fsp3) is 0.300. The minimum Gasteiger partial charge on any atom is -0.347 e. The molecule has 2 aromatic heterocycles. The van der Waals surface area contributed by atoms with Gasteiger partial charge in [-0.2, -0.15) is 4.31 Å². The number of para-hydroxylation sites is 1. The van der Waals surface area contributed by atoms with E-state index in [2.05, 4.69) is 25.8 Å². The van der Waals surface area contributed by atoms with Crippen molar-refractivity contribution in [2.45, 2.75) is 30.1 Å². The topological polar surface area (TPSA) is 124 Å². The number of thiophene rings is 1. The van der Waals surface area contributed by atoms with Gasteiger partial charge in [0, 0.05) is 54.2 Å². The molecule has 0 spiro atoms. The highest BCUT2D eigenvalue weighted by atomic mass is 32.2. The van der Waals surface area contributed by atoms with Crippen molar-refractivity contribution in [3.63, 3.8) is 0 Å². The minimum absolute atomic E-state index is 0.168. The fourth-order valence-electron chi connectivity index (χ4n) is 5.01. The van der Waals surface area contributed by atoms with E-state index in [0.717, 1.165) is 28.0 Å². The number of sulfonamides is 1. The molecule has 1 unspecified atom stereocenters. The number of hydrogen-bond donors (Lipinski definition) is 3. The molecule has 3 N–H and O–H groups in total. The van der Waals surface area contributed by atoms with Crippen LogP contribution in [-0.4, -0.2) is 73.8 Å². The van der Waals surface area contributed by atoms with Gasteiger partial charge in [-0.25, -0.2) is 13.2 Å². The third-order valence-electron chi connectivity index (χ3n) is 7.30. The van der Waals surface area contributed by atoms with Crippen LogP contribution < -0.4 is 16.0 Å². The Bertz CT molecular complexity index is 1680. The van der Waals surface area contributed by atoms with E-state index in [-0.39, 0.29) is 28.7 Å². The van der Waals surface area contributed by atoms with E-state index in [9.17, 15) is 18.0 Å². The summed E-state index contributed by atoms with van der Waals surface area (Å²) in [6.45, 7) is 4.51. The Morgan fingerprint density at radius 1 is 1.05 bits per heavy atom. The van der Waals surface area contributed by atoms with Crippen molar-refractivity contribution >= 4 is 49.9 Å². The molecule has 3 heterocycles. The summed E-state index contributed by atoms with van der Waals surface area (Å²) in [6.07, 6.45) is 0.704. The monoisotopic (exact) mass is 606 g/mol. The Morgan fingerprint density at radius 2 is 1.81 bits per heavy atom. The van der Waals surface area contributed by atoms with E-state index in [4.69, 9.17) is 0 Å². The molecule has 0 saturated carbocycles. The van der Waals surface area contributed by atoms with Crippen LogP contribution in [-0.2, 0) is 16.6 Å². The van der Waals surface area contributed by atoms with Crippen LogP contribution in [0, 0.1) is 6.92 Å². The third-order valence-corrected chi connectivity index (χ3v) is 10.8. The molecule has 4 aromatic rings. The van der Waals surface area contributed by atoms with E-state index in [1.165, 1.54) is 15.6 Å². The molecule has 10 nitrogen and oxygen atoms in total. The number of carbonyl (C=O) groups is 2. The highest BCUT2D eigenvalue weighted by molar-refractivity contribution is 7.91. The molecule has 2 aromatic carbocycles.